The van der Waals surface area contributed by atoms with Crippen LogP contribution in [0.15, 0.2) is 0 Å². The number of aryl methyl sites for hydroxylation is 1. The van der Waals surface area contributed by atoms with E-state index in [9.17, 15) is 14.9 Å². The van der Waals surface area contributed by atoms with E-state index in [1.54, 1.807) is 18.5 Å². The first kappa shape index (κ1) is 14.3. The summed E-state index contributed by atoms with van der Waals surface area (Å²) in [6.07, 6.45) is 0. The fourth-order valence-electron chi connectivity index (χ4n) is 2.66. The van der Waals surface area contributed by atoms with Crippen molar-refractivity contribution in [3.05, 3.63) is 15.9 Å². The Kier molecular flexibility index (Phi) is 3.65. The van der Waals surface area contributed by atoms with Crippen molar-refractivity contribution in [3.63, 3.8) is 0 Å². The van der Waals surface area contributed by atoms with Crippen LogP contribution < -0.4 is 4.90 Å². The molecule has 0 spiro atoms. The van der Waals surface area contributed by atoms with Gasteiger partial charge in [-0.1, -0.05) is 6.92 Å². The van der Waals surface area contributed by atoms with Gasteiger partial charge in [-0.2, -0.15) is 0 Å². The standard InChI is InChI=1S/C12H18N4O4/c1-7-5-15(6-9(7)12(17)20-4)11-10(16(18)19)13-8(2)14(11)3/h7,9H,5-6H2,1-4H3. The van der Waals surface area contributed by atoms with Crippen LogP contribution in [0.3, 0.4) is 0 Å². The minimum absolute atomic E-state index is 0.0808. The molecule has 1 aliphatic heterocycles. The topological polar surface area (TPSA) is 90.5 Å². The Bertz CT molecular complexity index is 554. The monoisotopic (exact) mass is 282 g/mol. The zero-order chi connectivity index (χ0) is 15.0. The Morgan fingerprint density at radius 1 is 1.50 bits per heavy atom. The number of hydrogen-bond donors (Lipinski definition) is 0. The maximum atomic E-state index is 11.7. The minimum atomic E-state index is -0.488. The molecule has 1 aliphatic rings. The molecule has 0 saturated carbocycles. The normalized spacial score (nSPS) is 22.1. The van der Waals surface area contributed by atoms with Crippen LogP contribution >= 0.6 is 0 Å². The first-order valence-electron chi connectivity index (χ1n) is 6.37. The molecule has 1 aromatic rings. The van der Waals surface area contributed by atoms with Crippen LogP contribution in [0, 0.1) is 28.9 Å². The molecule has 1 saturated heterocycles. The first-order chi connectivity index (χ1) is 9.36. The van der Waals surface area contributed by atoms with Crippen LogP contribution in [0.2, 0.25) is 0 Å². The van der Waals surface area contributed by atoms with Crippen LogP contribution in [0.25, 0.3) is 0 Å². The maximum Gasteiger partial charge on any atom is 0.406 e. The number of nitrogens with zero attached hydrogens (tertiary/aromatic N) is 4. The van der Waals surface area contributed by atoms with E-state index >= 15 is 0 Å². The number of carbonyl (C=O) groups is 1. The summed E-state index contributed by atoms with van der Waals surface area (Å²) in [7, 11) is 3.09. The smallest absolute Gasteiger partial charge is 0.406 e. The van der Waals surface area contributed by atoms with Gasteiger partial charge in [-0.25, -0.2) is 0 Å². The molecule has 1 aromatic heterocycles. The van der Waals surface area contributed by atoms with E-state index in [-0.39, 0.29) is 23.6 Å². The molecule has 0 bridgehead atoms. The van der Waals surface area contributed by atoms with Gasteiger partial charge in [-0.3, -0.25) is 9.36 Å². The average Bonchev–Trinajstić information content (AvgIpc) is 2.90. The predicted molar refractivity (Wildman–Crippen MR) is 71.5 cm³/mol. The van der Waals surface area contributed by atoms with Crippen molar-refractivity contribution in [2.75, 3.05) is 25.1 Å². The molecule has 20 heavy (non-hydrogen) atoms. The second-order valence-electron chi connectivity index (χ2n) is 5.13. The molecule has 2 unspecified atom stereocenters. The molecular formula is C12H18N4O4. The molecule has 1 fully saturated rings. The van der Waals surface area contributed by atoms with Crippen molar-refractivity contribution in [2.45, 2.75) is 13.8 Å². The molecule has 0 aliphatic carbocycles. The summed E-state index contributed by atoms with van der Waals surface area (Å²) in [6, 6.07) is 0. The number of ether oxygens (including phenoxy) is 1. The lowest BCUT2D eigenvalue weighted by atomic mass is 9.99. The molecule has 2 atom stereocenters. The van der Waals surface area contributed by atoms with E-state index in [0.717, 1.165) is 0 Å². The number of carbonyl (C=O) groups excluding carboxylic acids is 1. The van der Waals surface area contributed by atoms with Crippen molar-refractivity contribution < 1.29 is 14.5 Å². The molecule has 0 radical (unpaired) electrons. The lowest BCUT2D eigenvalue weighted by molar-refractivity contribution is -0.388. The van der Waals surface area contributed by atoms with Gasteiger partial charge in [0.2, 0.25) is 11.6 Å². The van der Waals surface area contributed by atoms with Crippen LogP contribution in [-0.2, 0) is 16.6 Å². The highest BCUT2D eigenvalue weighted by molar-refractivity contribution is 5.75. The zero-order valence-corrected chi connectivity index (χ0v) is 12.0. The Morgan fingerprint density at radius 3 is 2.70 bits per heavy atom. The first-order valence-corrected chi connectivity index (χ1v) is 6.37. The van der Waals surface area contributed by atoms with Gasteiger partial charge in [0.05, 0.1) is 13.0 Å². The number of imidazole rings is 1. The third kappa shape index (κ3) is 2.21. The van der Waals surface area contributed by atoms with E-state index in [0.29, 0.717) is 24.7 Å². The van der Waals surface area contributed by atoms with Crippen molar-refractivity contribution in [1.82, 2.24) is 9.55 Å². The molecule has 0 N–H and O–H groups in total. The fraction of sp³-hybridized carbons (Fsp3) is 0.667. The molecule has 0 aromatic carbocycles. The molecule has 110 valence electrons. The van der Waals surface area contributed by atoms with Crippen LogP contribution in [0.1, 0.15) is 12.7 Å². The molecule has 0 amide bonds. The van der Waals surface area contributed by atoms with Crippen LogP contribution in [0.4, 0.5) is 11.6 Å². The molecule has 8 nitrogen and oxygen atoms in total. The second kappa shape index (κ2) is 5.10. The minimum Gasteiger partial charge on any atom is -0.469 e. The number of hydrogen-bond acceptors (Lipinski definition) is 6. The summed E-state index contributed by atoms with van der Waals surface area (Å²) in [5, 5.41) is 11.1. The fourth-order valence-corrected chi connectivity index (χ4v) is 2.66. The van der Waals surface area contributed by atoms with Gasteiger partial charge < -0.3 is 19.8 Å². The Morgan fingerprint density at radius 2 is 2.15 bits per heavy atom. The van der Waals surface area contributed by atoms with Crippen LogP contribution in [-0.4, -0.2) is 40.6 Å². The molecule has 2 heterocycles. The van der Waals surface area contributed by atoms with Crippen molar-refractivity contribution in [3.8, 4) is 0 Å². The van der Waals surface area contributed by atoms with Crippen molar-refractivity contribution in [1.29, 1.82) is 0 Å². The van der Waals surface area contributed by atoms with E-state index < -0.39 is 4.92 Å². The summed E-state index contributed by atoms with van der Waals surface area (Å²) >= 11 is 0. The second-order valence-corrected chi connectivity index (χ2v) is 5.13. The summed E-state index contributed by atoms with van der Waals surface area (Å²) < 4.78 is 6.47. The average molecular weight is 282 g/mol. The van der Waals surface area contributed by atoms with E-state index in [4.69, 9.17) is 4.74 Å². The third-order valence-corrected chi connectivity index (χ3v) is 3.86. The van der Waals surface area contributed by atoms with Gasteiger partial charge in [-0.05, 0) is 15.8 Å². The van der Waals surface area contributed by atoms with Crippen LogP contribution in [0.5, 0.6) is 0 Å². The van der Waals surface area contributed by atoms with Crippen molar-refractivity contribution in [2.24, 2.45) is 18.9 Å². The lowest BCUT2D eigenvalue weighted by Crippen LogP contribution is -2.26. The Hall–Kier alpha value is -2.12. The van der Waals surface area contributed by atoms with Gasteiger partial charge in [0, 0.05) is 27.1 Å². The van der Waals surface area contributed by atoms with E-state index in [1.807, 2.05) is 11.8 Å². The number of methoxy groups -OCH3 is 1. The van der Waals surface area contributed by atoms with E-state index in [1.165, 1.54) is 7.11 Å². The van der Waals surface area contributed by atoms with Gasteiger partial charge in [0.1, 0.15) is 0 Å². The maximum absolute atomic E-state index is 11.7. The Balaban J connectivity index is 2.34. The van der Waals surface area contributed by atoms with E-state index in [2.05, 4.69) is 4.98 Å². The van der Waals surface area contributed by atoms with Gasteiger partial charge in [0.25, 0.3) is 0 Å². The zero-order valence-electron chi connectivity index (χ0n) is 12.0. The highest BCUT2D eigenvalue weighted by Gasteiger charge is 2.40. The largest absolute Gasteiger partial charge is 0.469 e. The summed E-state index contributed by atoms with van der Waals surface area (Å²) in [5.74, 6) is 0.392. The third-order valence-electron chi connectivity index (χ3n) is 3.86. The number of esters is 1. The summed E-state index contributed by atoms with van der Waals surface area (Å²) in [4.78, 5) is 28.1. The summed E-state index contributed by atoms with van der Waals surface area (Å²) in [6.45, 7) is 4.64. The SMILES string of the molecule is COC(=O)C1CN(c2c([N+](=O)[O-])nc(C)n2C)CC1C. The number of anilines is 1. The predicted octanol–water partition coefficient (Wildman–Crippen LogP) is 0.882. The quantitative estimate of drug-likeness (QED) is 0.464. The van der Waals surface area contributed by atoms with Crippen molar-refractivity contribution >= 4 is 17.6 Å². The highest BCUT2D eigenvalue weighted by Crippen LogP contribution is 2.34. The number of rotatable bonds is 3. The molecule has 2 rings (SSSR count). The number of aromatic nitrogens is 2. The Labute approximate surface area is 116 Å². The molecular weight excluding hydrogens is 264 g/mol. The van der Waals surface area contributed by atoms with Gasteiger partial charge >= 0.3 is 11.8 Å². The lowest BCUT2D eigenvalue weighted by Gasteiger charge is -2.17. The van der Waals surface area contributed by atoms with Gasteiger partial charge in [-0.15, -0.1) is 0 Å². The summed E-state index contributed by atoms with van der Waals surface area (Å²) in [5.41, 5.74) is 0. The van der Waals surface area contributed by atoms with Gasteiger partial charge in [0.15, 0.2) is 0 Å². The number of nitro groups is 1. The molecule has 8 heteroatoms. The highest BCUT2D eigenvalue weighted by atomic mass is 16.6.